The number of urea groups is 1. The van der Waals surface area contributed by atoms with Crippen LogP contribution in [-0.4, -0.2) is 48.0 Å². The van der Waals surface area contributed by atoms with Crippen LogP contribution in [0.4, 0.5) is 26.4 Å². The van der Waals surface area contributed by atoms with Crippen LogP contribution in [0, 0.1) is 12.7 Å². The van der Waals surface area contributed by atoms with Gasteiger partial charge >= 0.3 is 6.03 Å². The zero-order valence-corrected chi connectivity index (χ0v) is 18.8. The Kier molecular flexibility index (Phi) is 6.74. The summed E-state index contributed by atoms with van der Waals surface area (Å²) >= 11 is 6.17. The topological polar surface area (TPSA) is 77.6 Å². The minimum absolute atomic E-state index is 0.0251. The molecule has 7 nitrogen and oxygen atoms in total. The van der Waals surface area contributed by atoms with Crippen molar-refractivity contribution < 1.29 is 14.0 Å². The fourth-order valence-electron chi connectivity index (χ4n) is 3.56. The molecular formula is C24H23ClFN5O2. The number of aryl methyl sites for hydroxylation is 1. The molecule has 1 saturated heterocycles. The summed E-state index contributed by atoms with van der Waals surface area (Å²) in [7, 11) is 0. The highest BCUT2D eigenvalue weighted by Crippen LogP contribution is 2.23. The largest absolute Gasteiger partial charge is 0.353 e. The van der Waals surface area contributed by atoms with Crippen LogP contribution in [0.2, 0.25) is 5.02 Å². The standard InChI is InChI=1S/C24H23ClFN5O2/c1-16-6-8-19(25)21(14-16)29-24(33)31-12-10-30(11-13-31)22-9-7-17(15-27-22)28-23(32)18-4-2-3-5-20(18)26/h2-9,14-15H,10-13H2,1H3,(H,28,32)(H,29,33). The number of carbonyl (C=O) groups is 2. The number of nitrogens with one attached hydrogen (secondary N) is 2. The molecule has 4 rings (SSSR count). The van der Waals surface area contributed by atoms with E-state index in [4.69, 9.17) is 11.6 Å². The van der Waals surface area contributed by atoms with Gasteiger partial charge in [0.05, 0.1) is 28.2 Å². The van der Waals surface area contributed by atoms with Crippen LogP contribution >= 0.6 is 11.6 Å². The number of carbonyl (C=O) groups excluding carboxylic acids is 2. The van der Waals surface area contributed by atoms with Crippen LogP contribution in [0.25, 0.3) is 0 Å². The van der Waals surface area contributed by atoms with E-state index in [0.29, 0.717) is 42.6 Å². The fraction of sp³-hybridized carbons (Fsp3) is 0.208. The van der Waals surface area contributed by atoms with Gasteiger partial charge in [-0.1, -0.05) is 29.8 Å². The van der Waals surface area contributed by atoms with E-state index in [9.17, 15) is 14.0 Å². The molecule has 1 fully saturated rings. The molecule has 33 heavy (non-hydrogen) atoms. The van der Waals surface area contributed by atoms with Crippen LogP contribution in [0.15, 0.2) is 60.8 Å². The lowest BCUT2D eigenvalue weighted by molar-refractivity contribution is 0.102. The number of benzene rings is 2. The molecule has 2 aromatic carbocycles. The summed E-state index contributed by atoms with van der Waals surface area (Å²) in [6, 6.07) is 14.6. The molecule has 1 aliphatic rings. The first-order chi connectivity index (χ1) is 15.9. The average Bonchev–Trinajstić information content (AvgIpc) is 2.82. The van der Waals surface area contributed by atoms with Gasteiger partial charge in [-0.15, -0.1) is 0 Å². The van der Waals surface area contributed by atoms with E-state index in [1.54, 1.807) is 29.2 Å². The molecule has 3 amide bonds. The third-order valence-electron chi connectivity index (χ3n) is 5.38. The number of nitrogens with zero attached hydrogens (tertiary/aromatic N) is 3. The third-order valence-corrected chi connectivity index (χ3v) is 5.71. The second-order valence-electron chi connectivity index (χ2n) is 7.73. The zero-order chi connectivity index (χ0) is 23.4. The van der Waals surface area contributed by atoms with Gasteiger partial charge in [-0.2, -0.15) is 0 Å². The Morgan fingerprint density at radius 2 is 1.76 bits per heavy atom. The van der Waals surface area contributed by atoms with Crippen LogP contribution < -0.4 is 15.5 Å². The lowest BCUT2D eigenvalue weighted by Gasteiger charge is -2.35. The summed E-state index contributed by atoms with van der Waals surface area (Å²) in [5.41, 5.74) is 2.06. The second kappa shape index (κ2) is 9.87. The highest BCUT2D eigenvalue weighted by Gasteiger charge is 2.22. The summed E-state index contributed by atoms with van der Waals surface area (Å²) in [5.74, 6) is -0.372. The summed E-state index contributed by atoms with van der Waals surface area (Å²) in [4.78, 5) is 33.1. The maximum Gasteiger partial charge on any atom is 0.322 e. The van der Waals surface area contributed by atoms with Gasteiger partial charge in [-0.25, -0.2) is 14.2 Å². The van der Waals surface area contributed by atoms with Crippen LogP contribution in [-0.2, 0) is 0 Å². The third kappa shape index (κ3) is 5.40. The molecule has 0 spiro atoms. The van der Waals surface area contributed by atoms with Crippen LogP contribution in [0.3, 0.4) is 0 Å². The van der Waals surface area contributed by atoms with Gasteiger partial charge < -0.3 is 20.4 Å². The van der Waals surface area contributed by atoms with Gasteiger partial charge in [0, 0.05) is 26.2 Å². The van der Waals surface area contributed by atoms with Gasteiger partial charge in [0.25, 0.3) is 5.91 Å². The molecule has 2 N–H and O–H groups in total. The van der Waals surface area contributed by atoms with E-state index in [1.807, 2.05) is 19.1 Å². The summed E-state index contributed by atoms with van der Waals surface area (Å²) in [6.07, 6.45) is 1.53. The number of pyridine rings is 1. The number of anilines is 3. The molecule has 0 bridgehead atoms. The van der Waals surface area contributed by atoms with Crippen molar-refractivity contribution in [2.24, 2.45) is 0 Å². The lowest BCUT2D eigenvalue weighted by Crippen LogP contribution is -2.50. The monoisotopic (exact) mass is 467 g/mol. The van der Waals surface area contributed by atoms with E-state index < -0.39 is 11.7 Å². The Bertz CT molecular complexity index is 1160. The molecule has 0 aliphatic carbocycles. The van der Waals surface area contributed by atoms with Crippen molar-refractivity contribution in [3.05, 3.63) is 82.8 Å². The number of hydrogen-bond donors (Lipinski definition) is 2. The molecule has 1 aromatic heterocycles. The van der Waals surface area contributed by atoms with E-state index in [1.165, 1.54) is 24.4 Å². The molecule has 9 heteroatoms. The Hall–Kier alpha value is -3.65. The number of piperazine rings is 1. The molecule has 170 valence electrons. The quantitative estimate of drug-likeness (QED) is 0.578. The normalized spacial score (nSPS) is 13.5. The first-order valence-corrected chi connectivity index (χ1v) is 10.9. The predicted molar refractivity (Wildman–Crippen MR) is 128 cm³/mol. The fourth-order valence-corrected chi connectivity index (χ4v) is 3.72. The molecule has 1 aliphatic heterocycles. The Labute approximate surface area is 196 Å². The maximum absolute atomic E-state index is 13.8. The van der Waals surface area contributed by atoms with Crippen molar-refractivity contribution in [2.75, 3.05) is 41.7 Å². The number of aromatic nitrogens is 1. The first-order valence-electron chi connectivity index (χ1n) is 10.5. The lowest BCUT2D eigenvalue weighted by atomic mass is 10.2. The molecular weight excluding hydrogens is 445 g/mol. The predicted octanol–water partition coefficient (Wildman–Crippen LogP) is 4.79. The SMILES string of the molecule is Cc1ccc(Cl)c(NC(=O)N2CCN(c3ccc(NC(=O)c4ccccc4F)cn3)CC2)c1. The van der Waals surface area contributed by atoms with Crippen molar-refractivity contribution in [3.8, 4) is 0 Å². The number of amides is 3. The minimum Gasteiger partial charge on any atom is -0.353 e. The Balaban J connectivity index is 1.31. The van der Waals surface area contributed by atoms with Gasteiger partial charge in [0.1, 0.15) is 11.6 Å². The first kappa shape index (κ1) is 22.5. The van der Waals surface area contributed by atoms with E-state index in [-0.39, 0.29) is 11.6 Å². The summed E-state index contributed by atoms with van der Waals surface area (Å²) < 4.78 is 13.8. The van der Waals surface area contributed by atoms with Crippen molar-refractivity contribution >= 4 is 40.7 Å². The van der Waals surface area contributed by atoms with Crippen molar-refractivity contribution in [3.63, 3.8) is 0 Å². The van der Waals surface area contributed by atoms with Gasteiger partial charge in [0.15, 0.2) is 0 Å². The molecule has 2 heterocycles. The van der Waals surface area contributed by atoms with Gasteiger partial charge in [0.2, 0.25) is 0 Å². The summed E-state index contributed by atoms with van der Waals surface area (Å²) in [6.45, 7) is 4.23. The van der Waals surface area contributed by atoms with Crippen molar-refractivity contribution in [1.82, 2.24) is 9.88 Å². The van der Waals surface area contributed by atoms with E-state index in [2.05, 4.69) is 20.5 Å². The van der Waals surface area contributed by atoms with Crippen molar-refractivity contribution in [2.45, 2.75) is 6.92 Å². The Morgan fingerprint density at radius 1 is 1.00 bits per heavy atom. The van der Waals surface area contributed by atoms with Gasteiger partial charge in [-0.3, -0.25) is 4.79 Å². The Morgan fingerprint density at radius 3 is 2.45 bits per heavy atom. The maximum atomic E-state index is 13.8. The highest BCUT2D eigenvalue weighted by molar-refractivity contribution is 6.33. The molecule has 0 saturated carbocycles. The smallest absolute Gasteiger partial charge is 0.322 e. The van der Waals surface area contributed by atoms with E-state index in [0.717, 1.165) is 11.4 Å². The molecule has 0 atom stereocenters. The molecule has 0 unspecified atom stereocenters. The highest BCUT2D eigenvalue weighted by atomic mass is 35.5. The van der Waals surface area contributed by atoms with E-state index >= 15 is 0 Å². The van der Waals surface area contributed by atoms with Gasteiger partial charge in [-0.05, 0) is 48.9 Å². The number of halogens is 2. The number of hydrogen-bond acceptors (Lipinski definition) is 4. The minimum atomic E-state index is -0.578. The second-order valence-corrected chi connectivity index (χ2v) is 8.13. The number of rotatable bonds is 4. The molecule has 3 aromatic rings. The zero-order valence-electron chi connectivity index (χ0n) is 18.0. The van der Waals surface area contributed by atoms with Crippen LogP contribution in [0.5, 0.6) is 0 Å². The summed E-state index contributed by atoms with van der Waals surface area (Å²) in [5, 5.41) is 6.02. The van der Waals surface area contributed by atoms with Crippen LogP contribution in [0.1, 0.15) is 15.9 Å². The van der Waals surface area contributed by atoms with Crippen molar-refractivity contribution in [1.29, 1.82) is 0 Å². The average molecular weight is 468 g/mol. The molecule has 0 radical (unpaired) electrons.